The van der Waals surface area contributed by atoms with Crippen LogP contribution in [-0.2, 0) is 0 Å². The van der Waals surface area contributed by atoms with E-state index in [9.17, 15) is 4.79 Å². The van der Waals surface area contributed by atoms with Crippen LogP contribution in [0.25, 0.3) is 11.0 Å². The maximum atomic E-state index is 12.0. The van der Waals surface area contributed by atoms with E-state index in [-0.39, 0.29) is 18.3 Å². The molecule has 106 valence electrons. The third kappa shape index (κ3) is 3.20. The van der Waals surface area contributed by atoms with E-state index >= 15 is 0 Å². The van der Waals surface area contributed by atoms with Gasteiger partial charge in [-0.3, -0.25) is 4.79 Å². The fraction of sp³-hybridized carbons (Fsp3) is 0.385. The van der Waals surface area contributed by atoms with E-state index < -0.39 is 0 Å². The van der Waals surface area contributed by atoms with Crippen LogP contribution in [0.2, 0.25) is 0 Å². The van der Waals surface area contributed by atoms with Gasteiger partial charge in [-0.05, 0) is 31.5 Å². The fourth-order valence-electron chi connectivity index (χ4n) is 2.23. The lowest BCUT2D eigenvalue weighted by Gasteiger charge is -2.11. The van der Waals surface area contributed by atoms with E-state index in [0.29, 0.717) is 23.9 Å². The number of carbonyl (C=O) groups is 1. The molecule has 20 heavy (non-hydrogen) atoms. The maximum Gasteiger partial charge on any atom is 0.270 e. The second-order valence-electron chi connectivity index (χ2n) is 4.64. The standard InChI is InChI=1S/C13H15N5O.ClH/c19-13(16-7-10-2-1-5-15-10)11-4-3-9-6-14-8-17-12(9)18-11;/h3-4,6,8,10,15H,1-2,5,7H2,(H,16,19);1H. The van der Waals surface area contributed by atoms with Gasteiger partial charge >= 0.3 is 0 Å². The molecule has 0 bridgehead atoms. The lowest BCUT2D eigenvalue weighted by molar-refractivity contribution is 0.0945. The first kappa shape index (κ1) is 14.6. The van der Waals surface area contributed by atoms with Crippen LogP contribution in [-0.4, -0.2) is 40.0 Å². The van der Waals surface area contributed by atoms with E-state index in [1.54, 1.807) is 12.3 Å². The molecule has 1 saturated heterocycles. The van der Waals surface area contributed by atoms with Crippen molar-refractivity contribution in [2.45, 2.75) is 18.9 Å². The fourth-order valence-corrected chi connectivity index (χ4v) is 2.23. The van der Waals surface area contributed by atoms with Crippen LogP contribution in [0.1, 0.15) is 23.3 Å². The molecule has 3 heterocycles. The normalized spacial score (nSPS) is 17.7. The minimum atomic E-state index is -0.158. The van der Waals surface area contributed by atoms with E-state index in [4.69, 9.17) is 0 Å². The number of nitrogens with zero attached hydrogens (tertiary/aromatic N) is 3. The first-order valence-electron chi connectivity index (χ1n) is 6.41. The van der Waals surface area contributed by atoms with Crippen molar-refractivity contribution in [2.75, 3.05) is 13.1 Å². The summed E-state index contributed by atoms with van der Waals surface area (Å²) in [5.74, 6) is -0.158. The number of fused-ring (bicyclic) bond motifs is 1. The van der Waals surface area contributed by atoms with Crippen molar-refractivity contribution in [1.29, 1.82) is 0 Å². The summed E-state index contributed by atoms with van der Waals surface area (Å²) >= 11 is 0. The maximum absolute atomic E-state index is 12.0. The average molecular weight is 294 g/mol. The molecule has 6 nitrogen and oxygen atoms in total. The van der Waals surface area contributed by atoms with Gasteiger partial charge in [0.25, 0.3) is 5.91 Å². The first-order valence-corrected chi connectivity index (χ1v) is 6.41. The second kappa shape index (κ2) is 6.58. The van der Waals surface area contributed by atoms with Crippen molar-refractivity contribution in [3.63, 3.8) is 0 Å². The minimum absolute atomic E-state index is 0. The molecule has 0 spiro atoms. The van der Waals surface area contributed by atoms with Gasteiger partial charge in [0, 0.05) is 24.2 Å². The molecule has 7 heteroatoms. The molecule has 1 unspecified atom stereocenters. The Bertz CT molecular complexity index is 600. The van der Waals surface area contributed by atoms with E-state index in [1.165, 1.54) is 12.7 Å². The van der Waals surface area contributed by atoms with Crippen molar-refractivity contribution < 1.29 is 4.79 Å². The molecule has 1 fully saturated rings. The summed E-state index contributed by atoms with van der Waals surface area (Å²) in [5, 5.41) is 7.07. The highest BCUT2D eigenvalue weighted by Gasteiger charge is 2.15. The Balaban J connectivity index is 0.00000147. The number of rotatable bonds is 3. The number of amides is 1. The molecule has 3 rings (SSSR count). The third-order valence-corrected chi connectivity index (χ3v) is 3.27. The van der Waals surface area contributed by atoms with Gasteiger partial charge in [-0.15, -0.1) is 12.4 Å². The van der Waals surface area contributed by atoms with E-state index in [0.717, 1.165) is 18.4 Å². The van der Waals surface area contributed by atoms with Crippen molar-refractivity contribution in [3.05, 3.63) is 30.4 Å². The molecular weight excluding hydrogens is 278 g/mol. The number of nitrogens with one attached hydrogen (secondary N) is 2. The molecular formula is C13H16ClN5O. The Labute approximate surface area is 122 Å². The highest BCUT2D eigenvalue weighted by molar-refractivity contribution is 5.94. The SMILES string of the molecule is Cl.O=C(NCC1CCCN1)c1ccc2cncnc2n1. The predicted molar refractivity (Wildman–Crippen MR) is 77.9 cm³/mol. The van der Waals surface area contributed by atoms with Gasteiger partial charge in [0.05, 0.1) is 0 Å². The topological polar surface area (TPSA) is 79.8 Å². The summed E-state index contributed by atoms with van der Waals surface area (Å²) in [7, 11) is 0. The van der Waals surface area contributed by atoms with Gasteiger partial charge < -0.3 is 10.6 Å². The Hall–Kier alpha value is -1.79. The molecule has 0 saturated carbocycles. The largest absolute Gasteiger partial charge is 0.349 e. The van der Waals surface area contributed by atoms with Crippen molar-refractivity contribution in [3.8, 4) is 0 Å². The quantitative estimate of drug-likeness (QED) is 0.880. The number of hydrogen-bond acceptors (Lipinski definition) is 5. The number of carbonyl (C=O) groups excluding carboxylic acids is 1. The summed E-state index contributed by atoms with van der Waals surface area (Å²) in [6.45, 7) is 1.67. The number of halogens is 1. The summed E-state index contributed by atoms with van der Waals surface area (Å²) in [6.07, 6.45) is 5.39. The third-order valence-electron chi connectivity index (χ3n) is 3.27. The number of hydrogen-bond donors (Lipinski definition) is 2. The zero-order valence-electron chi connectivity index (χ0n) is 10.9. The summed E-state index contributed by atoms with van der Waals surface area (Å²) in [5.41, 5.74) is 0.936. The minimum Gasteiger partial charge on any atom is -0.349 e. The summed E-state index contributed by atoms with van der Waals surface area (Å²) in [6, 6.07) is 3.89. The predicted octanol–water partition coefficient (Wildman–Crippen LogP) is 0.928. The smallest absolute Gasteiger partial charge is 0.270 e. The van der Waals surface area contributed by atoms with Crippen LogP contribution in [0.5, 0.6) is 0 Å². The van der Waals surface area contributed by atoms with Crippen LogP contribution in [0.3, 0.4) is 0 Å². The highest BCUT2D eigenvalue weighted by atomic mass is 35.5. The van der Waals surface area contributed by atoms with Crippen molar-refractivity contribution in [2.24, 2.45) is 0 Å². The molecule has 1 amide bonds. The Kier molecular flexibility index (Phi) is 4.81. The molecule has 1 aliphatic rings. The van der Waals surface area contributed by atoms with Crippen LogP contribution in [0, 0.1) is 0 Å². The monoisotopic (exact) mass is 293 g/mol. The molecule has 2 aromatic rings. The molecule has 1 atom stereocenters. The summed E-state index contributed by atoms with van der Waals surface area (Å²) in [4.78, 5) is 24.2. The molecule has 0 radical (unpaired) electrons. The van der Waals surface area contributed by atoms with E-state index in [2.05, 4.69) is 25.6 Å². The van der Waals surface area contributed by atoms with Crippen LogP contribution in [0.4, 0.5) is 0 Å². The Morgan fingerprint density at radius 1 is 1.45 bits per heavy atom. The number of aromatic nitrogens is 3. The van der Waals surface area contributed by atoms with Crippen molar-refractivity contribution >= 4 is 29.3 Å². The van der Waals surface area contributed by atoms with Gasteiger partial charge in [0.2, 0.25) is 0 Å². The zero-order valence-corrected chi connectivity index (χ0v) is 11.7. The van der Waals surface area contributed by atoms with Crippen LogP contribution >= 0.6 is 12.4 Å². The Morgan fingerprint density at radius 3 is 3.15 bits per heavy atom. The van der Waals surface area contributed by atoms with Crippen LogP contribution < -0.4 is 10.6 Å². The molecule has 2 N–H and O–H groups in total. The summed E-state index contributed by atoms with van der Waals surface area (Å²) < 4.78 is 0. The number of pyridine rings is 1. The van der Waals surface area contributed by atoms with Crippen molar-refractivity contribution in [1.82, 2.24) is 25.6 Å². The lowest BCUT2D eigenvalue weighted by Crippen LogP contribution is -2.37. The van der Waals surface area contributed by atoms with Gasteiger partial charge in [0.1, 0.15) is 12.0 Å². The lowest BCUT2D eigenvalue weighted by atomic mass is 10.2. The zero-order chi connectivity index (χ0) is 13.1. The first-order chi connectivity index (χ1) is 9.33. The molecule has 2 aromatic heterocycles. The van der Waals surface area contributed by atoms with Gasteiger partial charge in [-0.25, -0.2) is 15.0 Å². The van der Waals surface area contributed by atoms with Gasteiger partial charge in [0.15, 0.2) is 5.65 Å². The average Bonchev–Trinajstić information content (AvgIpc) is 2.97. The molecule has 0 aromatic carbocycles. The molecule has 1 aliphatic heterocycles. The highest BCUT2D eigenvalue weighted by Crippen LogP contribution is 2.08. The van der Waals surface area contributed by atoms with Gasteiger partial charge in [-0.1, -0.05) is 0 Å². The Morgan fingerprint density at radius 2 is 2.35 bits per heavy atom. The molecule has 0 aliphatic carbocycles. The van der Waals surface area contributed by atoms with E-state index in [1.807, 2.05) is 6.07 Å². The van der Waals surface area contributed by atoms with Gasteiger partial charge in [-0.2, -0.15) is 0 Å². The van der Waals surface area contributed by atoms with Crippen LogP contribution in [0.15, 0.2) is 24.7 Å². The second-order valence-corrected chi connectivity index (χ2v) is 4.64.